The highest BCUT2D eigenvalue weighted by Crippen LogP contribution is 2.25. The highest BCUT2D eigenvalue weighted by atomic mass is 16.3. The maximum Gasteiger partial charge on any atom is 0.270 e. The third-order valence-electron chi connectivity index (χ3n) is 6.14. The molecule has 0 bridgehead atoms. The zero-order valence-corrected chi connectivity index (χ0v) is 21.4. The Balaban J connectivity index is 1.93. The first kappa shape index (κ1) is 26.5. The van der Waals surface area contributed by atoms with Gasteiger partial charge in [0.15, 0.2) is 5.56 Å². The van der Waals surface area contributed by atoms with Gasteiger partial charge in [-0.25, -0.2) is 0 Å². The van der Waals surface area contributed by atoms with E-state index in [1.807, 2.05) is 39.8 Å². The minimum absolute atomic E-state index is 0.0632. The molecule has 10 heteroatoms. The summed E-state index contributed by atoms with van der Waals surface area (Å²) in [5, 5.41) is 20.9. The van der Waals surface area contributed by atoms with Gasteiger partial charge in [-0.15, -0.1) is 0 Å². The van der Waals surface area contributed by atoms with Crippen LogP contribution in [-0.4, -0.2) is 68.2 Å². The monoisotopic (exact) mass is 486 g/mol. The molecule has 3 N–H and O–H groups in total. The molecule has 0 spiro atoms. The third-order valence-corrected chi connectivity index (χ3v) is 6.14. The number of nitrogens with zero attached hydrogens (tertiary/aromatic N) is 4. The molecule has 2 aromatic heterocycles. The number of carbonyl (C=O) groups excluding carboxylic acids is 2. The van der Waals surface area contributed by atoms with Crippen molar-refractivity contribution < 1.29 is 14.7 Å². The van der Waals surface area contributed by atoms with Gasteiger partial charge in [-0.2, -0.15) is 9.61 Å². The molecule has 1 unspecified atom stereocenters. The van der Waals surface area contributed by atoms with Crippen LogP contribution in [0.4, 0.5) is 0 Å². The van der Waals surface area contributed by atoms with Crippen LogP contribution in [0.15, 0.2) is 10.9 Å². The van der Waals surface area contributed by atoms with Crippen LogP contribution in [0.2, 0.25) is 0 Å². The molecular formula is C25H38N6O4. The Kier molecular flexibility index (Phi) is 8.71. The van der Waals surface area contributed by atoms with Crippen molar-refractivity contribution in [3.05, 3.63) is 33.3 Å². The van der Waals surface area contributed by atoms with Crippen molar-refractivity contribution in [1.82, 2.24) is 29.7 Å². The van der Waals surface area contributed by atoms with Gasteiger partial charge in [0.05, 0.1) is 5.69 Å². The van der Waals surface area contributed by atoms with Gasteiger partial charge in [0.1, 0.15) is 5.65 Å². The van der Waals surface area contributed by atoms with Crippen LogP contribution in [0.5, 0.6) is 5.88 Å². The summed E-state index contributed by atoms with van der Waals surface area (Å²) in [6.45, 7) is 12.7. The molecule has 1 atom stereocenters. The summed E-state index contributed by atoms with van der Waals surface area (Å²) in [5.41, 5.74) is 1.11. The lowest BCUT2D eigenvalue weighted by molar-refractivity contribution is -0.110. The first-order chi connectivity index (χ1) is 16.7. The van der Waals surface area contributed by atoms with E-state index >= 15 is 0 Å². The number of fused-ring (bicyclic) bond motifs is 1. The molecule has 1 aliphatic rings. The number of carbonyl (C=O) groups is 2. The number of nitrogens with one attached hydrogen (secondary N) is 2. The molecule has 2 aromatic rings. The minimum Gasteiger partial charge on any atom is -0.492 e. The highest BCUT2D eigenvalue weighted by molar-refractivity contribution is 5.96. The van der Waals surface area contributed by atoms with E-state index in [2.05, 4.69) is 27.6 Å². The lowest BCUT2D eigenvalue weighted by Gasteiger charge is -2.23. The fraction of sp³-hybridized carbons (Fsp3) is 0.600. The van der Waals surface area contributed by atoms with Gasteiger partial charge >= 0.3 is 0 Å². The van der Waals surface area contributed by atoms with E-state index in [9.17, 15) is 19.5 Å². The van der Waals surface area contributed by atoms with E-state index in [1.165, 1.54) is 4.52 Å². The van der Waals surface area contributed by atoms with E-state index < -0.39 is 17.3 Å². The van der Waals surface area contributed by atoms with E-state index in [-0.39, 0.29) is 23.6 Å². The Morgan fingerprint density at radius 1 is 1.31 bits per heavy atom. The molecule has 2 amide bonds. The van der Waals surface area contributed by atoms with Crippen molar-refractivity contribution in [1.29, 1.82) is 0 Å². The van der Waals surface area contributed by atoms with Crippen molar-refractivity contribution in [2.24, 2.45) is 5.92 Å². The first-order valence-corrected chi connectivity index (χ1v) is 12.4. The topological polar surface area (TPSA) is 121 Å². The molecule has 2 heterocycles. The van der Waals surface area contributed by atoms with E-state index in [0.29, 0.717) is 17.9 Å². The number of rotatable bonds is 13. The molecule has 3 rings (SSSR count). The minimum atomic E-state index is -0.558. The molecule has 0 aliphatic heterocycles. The molecule has 10 nitrogen and oxygen atoms in total. The summed E-state index contributed by atoms with van der Waals surface area (Å²) >= 11 is 0. The number of hydrogen-bond acceptors (Lipinski definition) is 6. The second-order valence-corrected chi connectivity index (χ2v) is 9.76. The van der Waals surface area contributed by atoms with Gasteiger partial charge in [-0.3, -0.25) is 19.0 Å². The second kappa shape index (κ2) is 11.5. The number of likely N-dealkylation sites (N-methyl/N-ethyl adjacent to an activating group) is 1. The maximum atomic E-state index is 13.4. The standard InChI is InChI=1S/C25H38N6O4/c1-6-29(14-17(4)26-15-32)12-8-7-9-20-18(5)28-31-23(20)30(13-16(2)3)24(34)21(25(31)35)22(33)27-19-10-11-19/h7,9,15-17,19,35H,6,8,10-14H2,1-5H3,(H,26,32)(H,27,33)/b9-7+. The molecule has 0 saturated heterocycles. The van der Waals surface area contributed by atoms with Gasteiger partial charge in [-0.1, -0.05) is 32.9 Å². The smallest absolute Gasteiger partial charge is 0.270 e. The average molecular weight is 487 g/mol. The van der Waals surface area contributed by atoms with Crippen LogP contribution < -0.4 is 16.2 Å². The Bertz CT molecular complexity index is 1150. The van der Waals surface area contributed by atoms with Crippen LogP contribution in [0.25, 0.3) is 11.7 Å². The van der Waals surface area contributed by atoms with Gasteiger partial charge in [0.2, 0.25) is 12.3 Å². The molecule has 0 radical (unpaired) electrons. The second-order valence-electron chi connectivity index (χ2n) is 9.76. The quantitative estimate of drug-likeness (QED) is 0.372. The normalized spacial score (nSPS) is 14.8. The molecule has 1 fully saturated rings. The summed E-state index contributed by atoms with van der Waals surface area (Å²) in [6.07, 6.45) is 7.21. The third kappa shape index (κ3) is 6.30. The Morgan fingerprint density at radius 3 is 2.63 bits per heavy atom. The number of aromatic hydroxyl groups is 1. The summed E-state index contributed by atoms with van der Waals surface area (Å²) in [7, 11) is 0. The predicted octanol–water partition coefficient (Wildman–Crippen LogP) is 1.92. The fourth-order valence-electron chi connectivity index (χ4n) is 4.17. The summed E-state index contributed by atoms with van der Waals surface area (Å²) in [6, 6.07) is 0.131. The number of amides is 2. The first-order valence-electron chi connectivity index (χ1n) is 12.4. The van der Waals surface area contributed by atoms with Crippen molar-refractivity contribution in [3.8, 4) is 5.88 Å². The molecule has 1 aliphatic carbocycles. The van der Waals surface area contributed by atoms with E-state index in [4.69, 9.17) is 0 Å². The lowest BCUT2D eigenvalue weighted by Crippen LogP contribution is -2.38. The number of aryl methyl sites for hydroxylation is 1. The van der Waals surface area contributed by atoms with Crippen molar-refractivity contribution in [3.63, 3.8) is 0 Å². The average Bonchev–Trinajstić information content (AvgIpc) is 3.54. The molecule has 35 heavy (non-hydrogen) atoms. The van der Waals surface area contributed by atoms with Crippen molar-refractivity contribution in [2.45, 2.75) is 72.5 Å². The number of aromatic nitrogens is 3. The predicted molar refractivity (Wildman–Crippen MR) is 136 cm³/mol. The highest BCUT2D eigenvalue weighted by Gasteiger charge is 2.30. The summed E-state index contributed by atoms with van der Waals surface area (Å²) < 4.78 is 2.86. The maximum absolute atomic E-state index is 13.4. The van der Waals surface area contributed by atoms with Crippen LogP contribution in [0, 0.1) is 12.8 Å². The van der Waals surface area contributed by atoms with Crippen LogP contribution in [0.3, 0.4) is 0 Å². The SMILES string of the molecule is CCN(CC/C=C/c1c(C)nn2c(O)c(C(=O)NC3CC3)c(=O)n(CC(C)C)c12)CC(C)NC=O. The van der Waals surface area contributed by atoms with Crippen LogP contribution in [-0.2, 0) is 11.3 Å². The molecule has 1 saturated carbocycles. The van der Waals surface area contributed by atoms with Gasteiger partial charge < -0.3 is 20.6 Å². The van der Waals surface area contributed by atoms with E-state index in [1.54, 1.807) is 4.57 Å². The lowest BCUT2D eigenvalue weighted by atomic mass is 10.1. The molecule has 192 valence electrons. The molecule has 0 aromatic carbocycles. The Morgan fingerprint density at radius 2 is 2.03 bits per heavy atom. The Labute approximate surface area is 206 Å². The Hall–Kier alpha value is -3.14. The fourth-order valence-corrected chi connectivity index (χ4v) is 4.17. The van der Waals surface area contributed by atoms with E-state index in [0.717, 1.165) is 50.9 Å². The number of hydrogen-bond donors (Lipinski definition) is 3. The molecular weight excluding hydrogens is 448 g/mol. The summed E-state index contributed by atoms with van der Waals surface area (Å²) in [4.78, 5) is 39.1. The van der Waals surface area contributed by atoms with Crippen molar-refractivity contribution >= 4 is 24.0 Å². The van der Waals surface area contributed by atoms with Gasteiger partial charge in [0, 0.05) is 37.3 Å². The van der Waals surface area contributed by atoms with Gasteiger partial charge in [0.25, 0.3) is 11.5 Å². The zero-order valence-electron chi connectivity index (χ0n) is 21.4. The zero-order chi connectivity index (χ0) is 25.7. The van der Waals surface area contributed by atoms with Crippen LogP contribution in [0.1, 0.15) is 68.6 Å². The van der Waals surface area contributed by atoms with Crippen LogP contribution >= 0.6 is 0 Å². The van der Waals surface area contributed by atoms with Crippen molar-refractivity contribution in [2.75, 3.05) is 19.6 Å². The van der Waals surface area contributed by atoms with Gasteiger partial charge in [-0.05, 0) is 45.6 Å². The largest absolute Gasteiger partial charge is 0.492 e. The summed E-state index contributed by atoms with van der Waals surface area (Å²) in [5.74, 6) is -0.843.